The van der Waals surface area contributed by atoms with Gasteiger partial charge in [0.05, 0.1) is 16.3 Å². The average molecular weight is 507 g/mol. The van der Waals surface area contributed by atoms with Crippen LogP contribution in [0.4, 0.5) is 0 Å². The predicted octanol–water partition coefficient (Wildman–Crippen LogP) is 4.09. The van der Waals surface area contributed by atoms with Crippen LogP contribution in [0.2, 0.25) is 5.02 Å². The van der Waals surface area contributed by atoms with Crippen LogP contribution in [0.3, 0.4) is 0 Å². The zero-order valence-electron chi connectivity index (χ0n) is 20.4. The van der Waals surface area contributed by atoms with Crippen LogP contribution >= 0.6 is 11.6 Å². The fourth-order valence-electron chi connectivity index (χ4n) is 4.29. The molecular weight excluding hydrogens is 480 g/mol. The van der Waals surface area contributed by atoms with Gasteiger partial charge in [0.2, 0.25) is 0 Å². The Morgan fingerprint density at radius 3 is 2.36 bits per heavy atom. The smallest absolute Gasteiger partial charge is 0.342 e. The lowest BCUT2D eigenvalue weighted by atomic mass is 10.1. The minimum absolute atomic E-state index is 0.0103. The van der Waals surface area contributed by atoms with Crippen LogP contribution in [0, 0.1) is 13.8 Å². The molecule has 3 aromatic rings. The first-order valence-electron chi connectivity index (χ1n) is 11.7. The highest BCUT2D eigenvalue weighted by molar-refractivity contribution is 6.33. The van der Waals surface area contributed by atoms with Crippen LogP contribution in [-0.2, 0) is 11.3 Å². The summed E-state index contributed by atoms with van der Waals surface area (Å²) in [6.45, 7) is 6.18. The number of carbonyl (C=O) groups excluding carboxylic acids is 3. The zero-order chi connectivity index (χ0) is 25.8. The van der Waals surface area contributed by atoms with Gasteiger partial charge < -0.3 is 14.5 Å². The van der Waals surface area contributed by atoms with Crippen molar-refractivity contribution in [2.45, 2.75) is 33.4 Å². The second-order valence-corrected chi connectivity index (χ2v) is 9.13. The van der Waals surface area contributed by atoms with Crippen molar-refractivity contribution in [3.05, 3.63) is 93.5 Å². The van der Waals surface area contributed by atoms with E-state index in [2.05, 4.69) is 9.97 Å². The van der Waals surface area contributed by atoms with Crippen molar-refractivity contribution in [2.24, 2.45) is 0 Å². The van der Waals surface area contributed by atoms with Crippen LogP contribution in [-0.4, -0.2) is 63.2 Å². The minimum atomic E-state index is -0.653. The van der Waals surface area contributed by atoms with E-state index in [1.165, 1.54) is 0 Å². The molecule has 0 spiro atoms. The van der Waals surface area contributed by atoms with Crippen LogP contribution in [0.1, 0.15) is 55.2 Å². The summed E-state index contributed by atoms with van der Waals surface area (Å²) in [6.07, 6.45) is 0. The van der Waals surface area contributed by atoms with Gasteiger partial charge in [-0.1, -0.05) is 54.1 Å². The molecule has 0 bridgehead atoms. The zero-order valence-corrected chi connectivity index (χ0v) is 21.2. The maximum absolute atomic E-state index is 13.6. The number of aromatic nitrogens is 2. The molecule has 0 N–H and O–H groups in total. The quantitative estimate of drug-likeness (QED) is 0.484. The van der Waals surface area contributed by atoms with Crippen LogP contribution in [0.5, 0.6) is 0 Å². The summed E-state index contributed by atoms with van der Waals surface area (Å²) in [5.41, 5.74) is 1.71. The summed E-state index contributed by atoms with van der Waals surface area (Å²) >= 11 is 6.22. The molecule has 186 valence electrons. The van der Waals surface area contributed by atoms with Gasteiger partial charge in [0.15, 0.2) is 0 Å². The largest absolute Gasteiger partial charge is 0.457 e. The van der Waals surface area contributed by atoms with Crippen molar-refractivity contribution in [1.82, 2.24) is 19.8 Å². The Hall–Kier alpha value is -3.78. The molecule has 2 aromatic carbocycles. The van der Waals surface area contributed by atoms with Gasteiger partial charge in [-0.15, -0.1) is 0 Å². The molecule has 9 heteroatoms. The SMILES string of the molecule is Cc1nc(C)c(C(=O)OCc2ccccc2)c(C(=O)N2CCN(C(=O)c3ccccc3Cl)C(C)C2)n1. The monoisotopic (exact) mass is 506 g/mol. The summed E-state index contributed by atoms with van der Waals surface area (Å²) in [5, 5.41) is 0.388. The third kappa shape index (κ3) is 5.39. The van der Waals surface area contributed by atoms with E-state index in [0.29, 0.717) is 35.2 Å². The first-order valence-corrected chi connectivity index (χ1v) is 12.0. The normalized spacial score (nSPS) is 15.5. The van der Waals surface area contributed by atoms with Crippen LogP contribution in [0.25, 0.3) is 0 Å². The number of piperazine rings is 1. The van der Waals surface area contributed by atoms with E-state index in [4.69, 9.17) is 16.3 Å². The molecule has 2 amide bonds. The molecule has 4 rings (SSSR count). The topological polar surface area (TPSA) is 92.7 Å². The summed E-state index contributed by atoms with van der Waals surface area (Å²) in [5.74, 6) is -0.845. The van der Waals surface area contributed by atoms with E-state index in [9.17, 15) is 14.4 Å². The third-order valence-corrected chi connectivity index (χ3v) is 6.43. The second-order valence-electron chi connectivity index (χ2n) is 8.72. The lowest BCUT2D eigenvalue weighted by Crippen LogP contribution is -2.55. The maximum atomic E-state index is 13.6. The number of ether oxygens (including phenoxy) is 1. The number of esters is 1. The standard InChI is InChI=1S/C27H27ClN4O4/c1-17-15-31(13-14-32(17)25(33)21-11-7-8-12-22(21)28)26(34)24-23(18(2)29-19(3)30-24)27(35)36-16-20-9-5-4-6-10-20/h4-12,17H,13-16H2,1-3H3. The number of rotatable bonds is 5. The molecule has 2 heterocycles. The first kappa shape index (κ1) is 25.3. The Balaban J connectivity index is 1.52. The van der Waals surface area contributed by atoms with Crippen LogP contribution < -0.4 is 0 Å². The van der Waals surface area contributed by atoms with Gasteiger partial charge in [0, 0.05) is 25.7 Å². The molecule has 1 atom stereocenters. The maximum Gasteiger partial charge on any atom is 0.342 e. The fraction of sp³-hybridized carbons (Fsp3) is 0.296. The Morgan fingerprint density at radius 1 is 0.972 bits per heavy atom. The molecule has 0 radical (unpaired) electrons. The van der Waals surface area contributed by atoms with Gasteiger partial charge in [-0.25, -0.2) is 14.8 Å². The highest BCUT2D eigenvalue weighted by Crippen LogP contribution is 2.22. The fourth-order valence-corrected chi connectivity index (χ4v) is 4.51. The molecule has 1 aromatic heterocycles. The molecule has 1 fully saturated rings. The van der Waals surface area contributed by atoms with E-state index < -0.39 is 11.9 Å². The number of nitrogens with zero attached hydrogens (tertiary/aromatic N) is 4. The first-order chi connectivity index (χ1) is 17.3. The van der Waals surface area contributed by atoms with Crippen molar-refractivity contribution in [3.63, 3.8) is 0 Å². The highest BCUT2D eigenvalue weighted by Gasteiger charge is 2.34. The molecule has 1 unspecified atom stereocenters. The number of carbonyl (C=O) groups is 3. The Labute approximate surface area is 214 Å². The van der Waals surface area contributed by atoms with Crippen LogP contribution in [0.15, 0.2) is 54.6 Å². The molecule has 8 nitrogen and oxygen atoms in total. The minimum Gasteiger partial charge on any atom is -0.457 e. The van der Waals surface area contributed by atoms with Crippen molar-refractivity contribution in [3.8, 4) is 0 Å². The Bertz CT molecular complexity index is 1300. The Kier molecular flexibility index (Phi) is 7.64. The van der Waals surface area contributed by atoms with Gasteiger partial charge in [-0.3, -0.25) is 9.59 Å². The van der Waals surface area contributed by atoms with Crippen molar-refractivity contribution >= 4 is 29.4 Å². The number of amides is 2. The lowest BCUT2D eigenvalue weighted by molar-refractivity contribution is 0.0401. The predicted molar refractivity (Wildman–Crippen MR) is 135 cm³/mol. The van der Waals surface area contributed by atoms with Gasteiger partial charge in [0.25, 0.3) is 11.8 Å². The van der Waals surface area contributed by atoms with Crippen molar-refractivity contribution in [1.29, 1.82) is 0 Å². The van der Waals surface area contributed by atoms with Crippen molar-refractivity contribution in [2.75, 3.05) is 19.6 Å². The number of aryl methyl sites for hydroxylation is 2. The molecule has 1 aliphatic rings. The van der Waals surface area contributed by atoms with Crippen molar-refractivity contribution < 1.29 is 19.1 Å². The molecule has 0 saturated carbocycles. The summed E-state index contributed by atoms with van der Waals surface area (Å²) in [7, 11) is 0. The van der Waals surface area contributed by atoms with Gasteiger partial charge in [-0.05, 0) is 38.5 Å². The van der Waals surface area contributed by atoms with E-state index in [1.54, 1.807) is 47.9 Å². The molecule has 0 aliphatic carbocycles. The van der Waals surface area contributed by atoms with Gasteiger partial charge in [-0.2, -0.15) is 0 Å². The number of halogens is 1. The summed E-state index contributed by atoms with van der Waals surface area (Å²) in [6, 6.07) is 15.9. The van der Waals surface area contributed by atoms with Gasteiger partial charge in [0.1, 0.15) is 23.7 Å². The summed E-state index contributed by atoms with van der Waals surface area (Å²) < 4.78 is 5.49. The van der Waals surface area contributed by atoms with E-state index in [-0.39, 0.29) is 36.4 Å². The molecule has 36 heavy (non-hydrogen) atoms. The number of hydrogen-bond acceptors (Lipinski definition) is 6. The lowest BCUT2D eigenvalue weighted by Gasteiger charge is -2.40. The molecule has 1 aliphatic heterocycles. The van der Waals surface area contributed by atoms with E-state index >= 15 is 0 Å². The second kappa shape index (κ2) is 10.9. The summed E-state index contributed by atoms with van der Waals surface area (Å²) in [4.78, 5) is 51.5. The van der Waals surface area contributed by atoms with Gasteiger partial charge >= 0.3 is 5.97 Å². The van der Waals surface area contributed by atoms with E-state index in [1.807, 2.05) is 37.3 Å². The highest BCUT2D eigenvalue weighted by atomic mass is 35.5. The third-order valence-electron chi connectivity index (χ3n) is 6.10. The molecular formula is C27H27ClN4O4. The Morgan fingerprint density at radius 2 is 1.67 bits per heavy atom. The number of hydrogen-bond donors (Lipinski definition) is 0. The number of benzene rings is 2. The van der Waals surface area contributed by atoms with E-state index in [0.717, 1.165) is 5.56 Å². The molecule has 1 saturated heterocycles. The average Bonchev–Trinajstić information content (AvgIpc) is 2.87.